The SMILES string of the molecule is O=C1CNC2CS(=O)(=O)CC2N1C1CC1. The summed E-state index contributed by atoms with van der Waals surface area (Å²) in [6.07, 6.45) is 2.07. The Morgan fingerprint density at radius 3 is 2.67 bits per heavy atom. The maximum atomic E-state index is 11.7. The zero-order valence-corrected chi connectivity index (χ0v) is 9.16. The summed E-state index contributed by atoms with van der Waals surface area (Å²) in [7, 11) is -2.95. The van der Waals surface area contributed by atoms with E-state index in [4.69, 9.17) is 0 Å². The Hall–Kier alpha value is -0.620. The fourth-order valence-corrected chi connectivity index (χ4v) is 4.56. The van der Waals surface area contributed by atoms with Crippen molar-refractivity contribution < 1.29 is 13.2 Å². The molecule has 0 aromatic rings. The smallest absolute Gasteiger partial charge is 0.237 e. The molecule has 1 aliphatic carbocycles. The van der Waals surface area contributed by atoms with Gasteiger partial charge in [-0.05, 0) is 12.8 Å². The summed E-state index contributed by atoms with van der Waals surface area (Å²) in [5.74, 6) is 0.400. The summed E-state index contributed by atoms with van der Waals surface area (Å²) in [6, 6.07) is 0.178. The standard InChI is InChI=1S/C9H14N2O3S/c12-9-3-10-7-4-15(13,14)5-8(7)11(9)6-1-2-6/h6-8,10H,1-5H2. The number of piperazine rings is 1. The van der Waals surface area contributed by atoms with E-state index >= 15 is 0 Å². The largest absolute Gasteiger partial charge is 0.333 e. The number of rotatable bonds is 1. The first-order chi connectivity index (χ1) is 7.07. The molecule has 0 aromatic carbocycles. The zero-order chi connectivity index (χ0) is 10.6. The minimum atomic E-state index is -2.95. The molecule has 6 heteroatoms. The van der Waals surface area contributed by atoms with Crippen molar-refractivity contribution in [1.29, 1.82) is 0 Å². The Morgan fingerprint density at radius 1 is 1.27 bits per heavy atom. The van der Waals surface area contributed by atoms with Crippen LogP contribution in [-0.4, -0.2) is 55.4 Å². The van der Waals surface area contributed by atoms with E-state index in [-0.39, 0.29) is 29.5 Å². The number of hydrogen-bond donors (Lipinski definition) is 1. The highest BCUT2D eigenvalue weighted by molar-refractivity contribution is 7.91. The number of hydrogen-bond acceptors (Lipinski definition) is 4. The van der Waals surface area contributed by atoms with Crippen molar-refractivity contribution in [2.75, 3.05) is 18.1 Å². The molecule has 0 spiro atoms. The van der Waals surface area contributed by atoms with Crippen LogP contribution in [0.2, 0.25) is 0 Å². The second-order valence-corrected chi connectivity index (χ2v) is 6.82. The summed E-state index contributed by atoms with van der Waals surface area (Å²) in [4.78, 5) is 13.5. The highest BCUT2D eigenvalue weighted by Gasteiger charge is 2.49. The summed E-state index contributed by atoms with van der Waals surface area (Å²) in [6.45, 7) is 0.299. The van der Waals surface area contributed by atoms with Gasteiger partial charge in [-0.3, -0.25) is 4.79 Å². The van der Waals surface area contributed by atoms with Gasteiger partial charge in [0.1, 0.15) is 0 Å². The van der Waals surface area contributed by atoms with Crippen LogP contribution in [0.5, 0.6) is 0 Å². The van der Waals surface area contributed by atoms with Crippen LogP contribution in [0.3, 0.4) is 0 Å². The predicted molar refractivity (Wildman–Crippen MR) is 54.1 cm³/mol. The van der Waals surface area contributed by atoms with Gasteiger partial charge in [0.25, 0.3) is 0 Å². The first-order valence-corrected chi connectivity index (χ1v) is 7.14. The van der Waals surface area contributed by atoms with Gasteiger partial charge in [0.05, 0.1) is 24.1 Å². The molecular weight excluding hydrogens is 216 g/mol. The lowest BCUT2D eigenvalue weighted by Crippen LogP contribution is -2.60. The van der Waals surface area contributed by atoms with Crippen molar-refractivity contribution in [1.82, 2.24) is 10.2 Å². The highest BCUT2D eigenvalue weighted by atomic mass is 32.2. The predicted octanol–water partition coefficient (Wildman–Crippen LogP) is -1.25. The van der Waals surface area contributed by atoms with E-state index in [1.807, 2.05) is 4.90 Å². The first kappa shape index (κ1) is 9.59. The van der Waals surface area contributed by atoms with Crippen molar-refractivity contribution in [2.45, 2.75) is 31.0 Å². The number of fused-ring (bicyclic) bond motifs is 1. The third kappa shape index (κ3) is 1.56. The van der Waals surface area contributed by atoms with Gasteiger partial charge in [0.2, 0.25) is 5.91 Å². The van der Waals surface area contributed by atoms with Crippen LogP contribution in [0.25, 0.3) is 0 Å². The summed E-state index contributed by atoms with van der Waals surface area (Å²) < 4.78 is 23.0. The normalized spacial score (nSPS) is 39.2. The van der Waals surface area contributed by atoms with Gasteiger partial charge in [0.15, 0.2) is 9.84 Å². The lowest BCUT2D eigenvalue weighted by atomic mass is 10.1. The lowest BCUT2D eigenvalue weighted by molar-refractivity contribution is -0.136. The quantitative estimate of drug-likeness (QED) is 0.611. The van der Waals surface area contributed by atoms with Crippen LogP contribution in [0.4, 0.5) is 0 Å². The number of nitrogens with zero attached hydrogens (tertiary/aromatic N) is 1. The van der Waals surface area contributed by atoms with E-state index in [2.05, 4.69) is 5.32 Å². The number of carbonyl (C=O) groups is 1. The fourth-order valence-electron chi connectivity index (χ4n) is 2.62. The van der Waals surface area contributed by atoms with Gasteiger partial charge in [0, 0.05) is 12.1 Å². The Kier molecular flexibility index (Phi) is 1.88. The molecule has 5 nitrogen and oxygen atoms in total. The van der Waals surface area contributed by atoms with Crippen molar-refractivity contribution in [3.05, 3.63) is 0 Å². The molecule has 2 heterocycles. The van der Waals surface area contributed by atoms with Crippen LogP contribution in [0, 0.1) is 0 Å². The molecule has 15 heavy (non-hydrogen) atoms. The molecule has 84 valence electrons. The second kappa shape index (κ2) is 2.95. The molecule has 2 unspecified atom stereocenters. The summed E-state index contributed by atoms with van der Waals surface area (Å²) >= 11 is 0. The molecule has 0 bridgehead atoms. The van der Waals surface area contributed by atoms with E-state index in [0.717, 1.165) is 12.8 Å². The van der Waals surface area contributed by atoms with Crippen LogP contribution in [0.1, 0.15) is 12.8 Å². The Morgan fingerprint density at radius 2 is 2.00 bits per heavy atom. The molecule has 2 atom stereocenters. The first-order valence-electron chi connectivity index (χ1n) is 5.32. The minimum absolute atomic E-state index is 0.0340. The number of amides is 1. The van der Waals surface area contributed by atoms with Crippen LogP contribution in [0.15, 0.2) is 0 Å². The molecule has 2 aliphatic heterocycles. The van der Waals surface area contributed by atoms with Gasteiger partial charge in [-0.2, -0.15) is 0 Å². The van der Waals surface area contributed by atoms with Gasteiger partial charge < -0.3 is 10.2 Å². The van der Waals surface area contributed by atoms with E-state index < -0.39 is 9.84 Å². The van der Waals surface area contributed by atoms with Gasteiger partial charge in [-0.1, -0.05) is 0 Å². The molecule has 0 radical (unpaired) electrons. The Bertz CT molecular complexity index is 402. The van der Waals surface area contributed by atoms with Gasteiger partial charge in [-0.25, -0.2) is 8.42 Å². The lowest BCUT2D eigenvalue weighted by Gasteiger charge is -2.37. The van der Waals surface area contributed by atoms with E-state index in [0.29, 0.717) is 12.6 Å². The summed E-state index contributed by atoms with van der Waals surface area (Å²) in [5, 5.41) is 3.03. The molecule has 3 fully saturated rings. The van der Waals surface area contributed by atoms with Gasteiger partial charge >= 0.3 is 0 Å². The van der Waals surface area contributed by atoms with Crippen LogP contribution < -0.4 is 5.32 Å². The van der Waals surface area contributed by atoms with E-state index in [1.165, 1.54) is 0 Å². The van der Waals surface area contributed by atoms with E-state index in [1.54, 1.807) is 0 Å². The van der Waals surface area contributed by atoms with Crippen molar-refractivity contribution in [3.8, 4) is 0 Å². The molecule has 2 saturated heterocycles. The maximum absolute atomic E-state index is 11.7. The molecule has 3 aliphatic rings. The maximum Gasteiger partial charge on any atom is 0.237 e. The van der Waals surface area contributed by atoms with Gasteiger partial charge in [-0.15, -0.1) is 0 Å². The minimum Gasteiger partial charge on any atom is -0.333 e. The second-order valence-electron chi connectivity index (χ2n) is 4.66. The topological polar surface area (TPSA) is 66.5 Å². The molecule has 3 rings (SSSR count). The third-order valence-corrected chi connectivity index (χ3v) is 5.14. The van der Waals surface area contributed by atoms with E-state index in [9.17, 15) is 13.2 Å². The average molecular weight is 230 g/mol. The van der Waals surface area contributed by atoms with Crippen molar-refractivity contribution >= 4 is 15.7 Å². The molecule has 1 saturated carbocycles. The monoisotopic (exact) mass is 230 g/mol. The molecular formula is C9H14N2O3S. The van der Waals surface area contributed by atoms with Crippen molar-refractivity contribution in [3.63, 3.8) is 0 Å². The Labute approximate surface area is 88.7 Å². The number of carbonyl (C=O) groups excluding carboxylic acids is 1. The molecule has 1 N–H and O–H groups in total. The highest BCUT2D eigenvalue weighted by Crippen LogP contribution is 2.33. The average Bonchev–Trinajstić information content (AvgIpc) is 2.88. The van der Waals surface area contributed by atoms with Crippen LogP contribution in [-0.2, 0) is 14.6 Å². The fraction of sp³-hybridized carbons (Fsp3) is 0.889. The van der Waals surface area contributed by atoms with Crippen molar-refractivity contribution in [2.24, 2.45) is 0 Å². The third-order valence-electron chi connectivity index (χ3n) is 3.42. The number of sulfone groups is 1. The molecule has 1 amide bonds. The van der Waals surface area contributed by atoms with Crippen LogP contribution >= 0.6 is 0 Å². The summed E-state index contributed by atoms with van der Waals surface area (Å²) in [5.41, 5.74) is 0. The number of nitrogens with one attached hydrogen (secondary N) is 1. The Balaban J connectivity index is 1.90. The molecule has 0 aromatic heterocycles. The zero-order valence-electron chi connectivity index (χ0n) is 8.35.